The number of hydrogen-bond acceptors (Lipinski definition) is 3. The molecule has 0 atom stereocenters. The Hall–Kier alpha value is -2.31. The number of carbonyl (C=O) groups excluding carboxylic acids is 1. The molecule has 0 saturated heterocycles. The minimum absolute atomic E-state index is 0.140. The van der Waals surface area contributed by atoms with Crippen LogP contribution in [0, 0.1) is 6.92 Å². The van der Waals surface area contributed by atoms with Crippen LogP contribution >= 0.6 is 0 Å². The van der Waals surface area contributed by atoms with Crippen molar-refractivity contribution in [1.82, 2.24) is 24.9 Å². The van der Waals surface area contributed by atoms with Gasteiger partial charge in [0.1, 0.15) is 5.82 Å². The summed E-state index contributed by atoms with van der Waals surface area (Å²) in [7, 11) is 3.66. The molecule has 2 N–H and O–H groups in total. The zero-order valence-electron chi connectivity index (χ0n) is 15.6. The first kappa shape index (κ1) is 17.5. The van der Waals surface area contributed by atoms with Gasteiger partial charge < -0.3 is 4.90 Å². The van der Waals surface area contributed by atoms with Crippen LogP contribution in [0.1, 0.15) is 54.4 Å². The lowest BCUT2D eigenvalue weighted by molar-refractivity contribution is 0.220. The number of fused-ring (bicyclic) bond motifs is 1. The van der Waals surface area contributed by atoms with Gasteiger partial charge in [-0.3, -0.25) is 15.1 Å². The average Bonchev–Trinajstić information content (AvgIpc) is 2.98. The topological polar surface area (TPSA) is 78.8 Å². The van der Waals surface area contributed by atoms with Crippen LogP contribution < -0.4 is 5.32 Å². The van der Waals surface area contributed by atoms with Gasteiger partial charge in [-0.05, 0) is 44.6 Å². The Morgan fingerprint density at radius 2 is 2.04 bits per heavy atom. The summed E-state index contributed by atoms with van der Waals surface area (Å²) in [6.45, 7) is 4.57. The molecule has 0 radical (unpaired) electrons. The highest BCUT2D eigenvalue weighted by molar-refractivity contribution is 5.89. The van der Waals surface area contributed by atoms with Gasteiger partial charge >= 0.3 is 6.03 Å². The van der Waals surface area contributed by atoms with Crippen LogP contribution in [0.2, 0.25) is 0 Å². The van der Waals surface area contributed by atoms with Gasteiger partial charge in [-0.1, -0.05) is 13.3 Å². The van der Waals surface area contributed by atoms with Crippen LogP contribution in [0.15, 0.2) is 0 Å². The molecule has 25 heavy (non-hydrogen) atoms. The number of aromatic amines is 1. The van der Waals surface area contributed by atoms with E-state index in [0.29, 0.717) is 6.54 Å². The lowest BCUT2D eigenvalue weighted by Crippen LogP contribution is -2.32. The monoisotopic (exact) mass is 344 g/mol. The maximum absolute atomic E-state index is 12.6. The van der Waals surface area contributed by atoms with Gasteiger partial charge in [-0.2, -0.15) is 10.2 Å². The van der Waals surface area contributed by atoms with E-state index in [1.54, 1.807) is 16.6 Å². The molecule has 0 aliphatic heterocycles. The van der Waals surface area contributed by atoms with E-state index in [4.69, 9.17) is 0 Å². The predicted octanol–water partition coefficient (Wildman–Crippen LogP) is 2.95. The number of nitrogens with zero attached hydrogens (tertiary/aromatic N) is 4. The Labute approximate surface area is 148 Å². The number of urea groups is 1. The number of anilines is 1. The highest BCUT2D eigenvalue weighted by Gasteiger charge is 2.20. The van der Waals surface area contributed by atoms with Crippen molar-refractivity contribution in [3.05, 3.63) is 28.2 Å². The van der Waals surface area contributed by atoms with E-state index < -0.39 is 0 Å². The zero-order valence-corrected chi connectivity index (χ0v) is 15.6. The average molecular weight is 344 g/mol. The third kappa shape index (κ3) is 3.55. The molecule has 0 fully saturated rings. The highest BCUT2D eigenvalue weighted by atomic mass is 16.2. The summed E-state index contributed by atoms with van der Waals surface area (Å²) in [6, 6.07) is -0.140. The van der Waals surface area contributed by atoms with E-state index in [1.807, 2.05) is 14.0 Å². The van der Waals surface area contributed by atoms with Crippen molar-refractivity contribution in [1.29, 1.82) is 0 Å². The molecule has 2 heterocycles. The molecule has 0 saturated carbocycles. The Morgan fingerprint density at radius 3 is 2.76 bits per heavy atom. The minimum Gasteiger partial charge on any atom is -0.322 e. The number of amides is 2. The smallest absolute Gasteiger partial charge is 0.322 e. The summed E-state index contributed by atoms with van der Waals surface area (Å²) < 4.78 is 1.74. The van der Waals surface area contributed by atoms with E-state index in [2.05, 4.69) is 27.5 Å². The molecule has 1 aliphatic rings. The fraction of sp³-hybridized carbons (Fsp3) is 0.611. The number of aryl methyl sites for hydroxylation is 3. The normalized spacial score (nSPS) is 14.1. The summed E-state index contributed by atoms with van der Waals surface area (Å²) in [5.74, 6) is 0.759. The molecule has 2 aromatic rings. The summed E-state index contributed by atoms with van der Waals surface area (Å²) in [5.41, 5.74) is 5.59. The molecule has 3 rings (SSSR count). The van der Waals surface area contributed by atoms with Crippen LogP contribution in [0.4, 0.5) is 10.6 Å². The molecule has 0 unspecified atom stereocenters. The van der Waals surface area contributed by atoms with Crippen molar-refractivity contribution in [2.24, 2.45) is 7.05 Å². The van der Waals surface area contributed by atoms with Crippen LogP contribution in [-0.2, 0) is 32.9 Å². The number of H-pyrrole nitrogens is 1. The van der Waals surface area contributed by atoms with Crippen molar-refractivity contribution in [3.63, 3.8) is 0 Å². The van der Waals surface area contributed by atoms with E-state index in [-0.39, 0.29) is 6.03 Å². The van der Waals surface area contributed by atoms with Crippen LogP contribution in [0.3, 0.4) is 0 Å². The van der Waals surface area contributed by atoms with Gasteiger partial charge in [-0.25, -0.2) is 4.79 Å². The first-order valence-electron chi connectivity index (χ1n) is 9.10. The fourth-order valence-electron chi connectivity index (χ4n) is 3.55. The van der Waals surface area contributed by atoms with Crippen molar-refractivity contribution in [2.45, 2.75) is 58.9 Å². The molecule has 2 aromatic heterocycles. The number of hydrogen-bond donors (Lipinski definition) is 2. The van der Waals surface area contributed by atoms with E-state index >= 15 is 0 Å². The second kappa shape index (κ2) is 7.29. The number of carbonyl (C=O) groups is 1. The molecule has 0 spiro atoms. The quantitative estimate of drug-likeness (QED) is 0.837. The van der Waals surface area contributed by atoms with Gasteiger partial charge in [0, 0.05) is 25.4 Å². The molecular weight excluding hydrogens is 316 g/mol. The number of nitrogens with one attached hydrogen (secondary N) is 2. The van der Waals surface area contributed by atoms with Gasteiger partial charge in [-0.15, -0.1) is 0 Å². The molecule has 2 amide bonds. The second-order valence-electron chi connectivity index (χ2n) is 6.87. The van der Waals surface area contributed by atoms with E-state index in [9.17, 15) is 4.79 Å². The minimum atomic E-state index is -0.140. The SMILES string of the molecule is CCc1nn(C)c(NC(=O)N(C)Cc2n[nH]c3c2CCCCC3)c1C. The van der Waals surface area contributed by atoms with E-state index in [0.717, 1.165) is 42.0 Å². The number of rotatable bonds is 4. The molecule has 1 aliphatic carbocycles. The number of aromatic nitrogens is 4. The summed E-state index contributed by atoms with van der Waals surface area (Å²) >= 11 is 0. The van der Waals surface area contributed by atoms with Crippen molar-refractivity contribution in [3.8, 4) is 0 Å². The maximum atomic E-state index is 12.6. The zero-order chi connectivity index (χ0) is 18.0. The summed E-state index contributed by atoms with van der Waals surface area (Å²) in [5, 5.41) is 15.1. The summed E-state index contributed by atoms with van der Waals surface area (Å²) in [4.78, 5) is 14.3. The molecule has 0 aromatic carbocycles. The Balaban J connectivity index is 1.70. The van der Waals surface area contributed by atoms with Crippen molar-refractivity contribution >= 4 is 11.8 Å². The van der Waals surface area contributed by atoms with Gasteiger partial charge in [0.2, 0.25) is 0 Å². The maximum Gasteiger partial charge on any atom is 0.323 e. The van der Waals surface area contributed by atoms with Crippen molar-refractivity contribution < 1.29 is 4.79 Å². The van der Waals surface area contributed by atoms with Gasteiger partial charge in [0.25, 0.3) is 0 Å². The molecule has 136 valence electrons. The molecule has 7 heteroatoms. The predicted molar refractivity (Wildman–Crippen MR) is 97.7 cm³/mol. The van der Waals surface area contributed by atoms with Crippen LogP contribution in [0.25, 0.3) is 0 Å². The van der Waals surface area contributed by atoms with Gasteiger partial charge in [0.15, 0.2) is 0 Å². The van der Waals surface area contributed by atoms with E-state index in [1.165, 1.54) is 30.5 Å². The Morgan fingerprint density at radius 1 is 1.28 bits per heavy atom. The first-order valence-corrected chi connectivity index (χ1v) is 9.10. The van der Waals surface area contributed by atoms with Crippen molar-refractivity contribution in [2.75, 3.05) is 12.4 Å². The largest absolute Gasteiger partial charge is 0.323 e. The highest BCUT2D eigenvalue weighted by Crippen LogP contribution is 2.23. The lowest BCUT2D eigenvalue weighted by Gasteiger charge is -2.18. The molecular formula is C18H28N6O. The van der Waals surface area contributed by atoms with Gasteiger partial charge in [0.05, 0.1) is 17.9 Å². The second-order valence-corrected chi connectivity index (χ2v) is 6.87. The Kier molecular flexibility index (Phi) is 5.11. The summed E-state index contributed by atoms with van der Waals surface area (Å²) in [6.07, 6.45) is 6.64. The fourth-order valence-corrected chi connectivity index (χ4v) is 3.55. The third-order valence-corrected chi connectivity index (χ3v) is 5.07. The molecule has 7 nitrogen and oxygen atoms in total. The molecule has 0 bridgehead atoms. The van der Waals surface area contributed by atoms with Crippen LogP contribution in [-0.4, -0.2) is 38.0 Å². The lowest BCUT2D eigenvalue weighted by atomic mass is 10.1. The Bertz CT molecular complexity index is 760. The van der Waals surface area contributed by atoms with Crippen LogP contribution in [0.5, 0.6) is 0 Å². The third-order valence-electron chi connectivity index (χ3n) is 5.07. The standard InChI is InChI=1S/C18H28N6O/c1-5-14-12(2)17(24(4)22-14)19-18(25)23(3)11-16-13-9-7-6-8-10-15(13)20-21-16/h5-11H2,1-4H3,(H,19,25)(H,20,21). The first-order chi connectivity index (χ1) is 12.0.